The van der Waals surface area contributed by atoms with Gasteiger partial charge in [0.2, 0.25) is 0 Å². The minimum Gasteiger partial charge on any atom is -0.477 e. The van der Waals surface area contributed by atoms with Gasteiger partial charge in [-0.25, -0.2) is 4.79 Å². The number of rotatable bonds is 6. The second-order valence-corrected chi connectivity index (χ2v) is 7.38. The largest absolute Gasteiger partial charge is 0.477 e. The number of H-pyrrole nitrogens is 1. The number of hydrogen-bond donors (Lipinski definition) is 3. The van der Waals surface area contributed by atoms with Crippen LogP contribution in [0.3, 0.4) is 0 Å². The van der Waals surface area contributed by atoms with Crippen molar-refractivity contribution in [3.8, 4) is 0 Å². The van der Waals surface area contributed by atoms with Crippen molar-refractivity contribution in [3.63, 3.8) is 0 Å². The summed E-state index contributed by atoms with van der Waals surface area (Å²) in [6, 6.07) is 11.0. The number of aliphatic hydroxyl groups is 1. The number of aliphatic hydroxyl groups excluding tert-OH is 1. The van der Waals surface area contributed by atoms with Gasteiger partial charge in [0.15, 0.2) is 0 Å². The molecule has 1 aromatic heterocycles. The van der Waals surface area contributed by atoms with Crippen LogP contribution >= 0.6 is 0 Å². The highest BCUT2D eigenvalue weighted by atomic mass is 16.4. The minimum atomic E-state index is -0.975. The molecule has 2 fully saturated rings. The molecule has 6 heteroatoms. The average Bonchev–Trinajstić information content (AvgIpc) is 3.30. The Hall–Kier alpha value is -2.18. The number of aromatic nitrogens is 2. The Kier molecular flexibility index (Phi) is 4.09. The van der Waals surface area contributed by atoms with Crippen LogP contribution in [0.15, 0.2) is 36.5 Å². The van der Waals surface area contributed by atoms with Crippen LogP contribution in [-0.4, -0.2) is 50.0 Å². The molecular formula is C19H23N3O3. The second kappa shape index (κ2) is 6.28. The number of carbonyl (C=O) groups is 1. The summed E-state index contributed by atoms with van der Waals surface area (Å²) in [6.07, 6.45) is 5.60. The molecule has 0 saturated carbocycles. The zero-order chi connectivity index (χ0) is 17.4. The highest BCUT2D eigenvalue weighted by molar-refractivity contribution is 5.86. The van der Waals surface area contributed by atoms with Gasteiger partial charge in [0.25, 0.3) is 0 Å². The molecule has 2 aliphatic rings. The summed E-state index contributed by atoms with van der Waals surface area (Å²) < 4.78 is 0. The highest BCUT2D eigenvalue weighted by Crippen LogP contribution is 2.51. The van der Waals surface area contributed by atoms with E-state index in [1.807, 2.05) is 18.2 Å². The number of aromatic amines is 1. The fourth-order valence-corrected chi connectivity index (χ4v) is 4.89. The predicted octanol–water partition coefficient (Wildman–Crippen LogP) is 2.07. The van der Waals surface area contributed by atoms with Gasteiger partial charge in [-0.15, -0.1) is 0 Å². The molecule has 25 heavy (non-hydrogen) atoms. The molecule has 3 heterocycles. The number of carboxylic acid groups (broad SMARTS) is 1. The monoisotopic (exact) mass is 341 g/mol. The highest BCUT2D eigenvalue weighted by Gasteiger charge is 2.55. The van der Waals surface area contributed by atoms with Crippen molar-refractivity contribution in [2.24, 2.45) is 5.41 Å². The first-order chi connectivity index (χ1) is 12.1. The molecule has 1 aromatic carbocycles. The minimum absolute atomic E-state index is 0.141. The number of carboxylic acids is 1. The lowest BCUT2D eigenvalue weighted by atomic mass is 9.70. The molecule has 2 bridgehead atoms. The fourth-order valence-electron chi connectivity index (χ4n) is 4.89. The molecule has 0 spiro atoms. The van der Waals surface area contributed by atoms with Gasteiger partial charge in [-0.05, 0) is 31.2 Å². The van der Waals surface area contributed by atoms with E-state index in [0.717, 1.165) is 31.2 Å². The molecule has 2 aliphatic heterocycles. The molecule has 0 amide bonds. The van der Waals surface area contributed by atoms with Crippen molar-refractivity contribution < 1.29 is 15.0 Å². The standard InChI is InChI=1S/C19H23N3O3/c23-12-19(8-13-4-2-1-3-5-13)9-15-6-7-16(19)22(15)11-14-10-20-21-17(14)18(24)25/h1-5,10,15-16,23H,6-9,11-12H2,(H,20,21)(H,24,25)/t15-,16+,19-/m0/s1. The van der Waals surface area contributed by atoms with E-state index < -0.39 is 5.97 Å². The van der Waals surface area contributed by atoms with Crippen LogP contribution in [-0.2, 0) is 13.0 Å². The van der Waals surface area contributed by atoms with E-state index in [9.17, 15) is 15.0 Å². The molecule has 2 saturated heterocycles. The van der Waals surface area contributed by atoms with Crippen LogP contribution in [0.5, 0.6) is 0 Å². The van der Waals surface area contributed by atoms with Gasteiger partial charge in [0, 0.05) is 29.6 Å². The molecular weight excluding hydrogens is 318 g/mol. The third-order valence-corrected chi connectivity index (χ3v) is 5.99. The zero-order valence-electron chi connectivity index (χ0n) is 14.1. The van der Waals surface area contributed by atoms with Crippen molar-refractivity contribution in [1.29, 1.82) is 0 Å². The van der Waals surface area contributed by atoms with Crippen molar-refractivity contribution in [2.75, 3.05) is 6.61 Å². The zero-order valence-corrected chi connectivity index (χ0v) is 14.1. The van der Waals surface area contributed by atoms with Gasteiger partial charge in [-0.3, -0.25) is 10.00 Å². The predicted molar refractivity (Wildman–Crippen MR) is 92.2 cm³/mol. The maximum Gasteiger partial charge on any atom is 0.354 e. The summed E-state index contributed by atoms with van der Waals surface area (Å²) in [4.78, 5) is 13.7. The second-order valence-electron chi connectivity index (χ2n) is 7.38. The van der Waals surface area contributed by atoms with Crippen LogP contribution in [0.1, 0.15) is 40.9 Å². The number of nitrogens with zero attached hydrogens (tertiary/aromatic N) is 2. The molecule has 132 valence electrons. The van der Waals surface area contributed by atoms with Crippen LogP contribution in [0.4, 0.5) is 0 Å². The van der Waals surface area contributed by atoms with E-state index in [1.165, 1.54) is 5.56 Å². The van der Waals surface area contributed by atoms with Crippen LogP contribution in [0.25, 0.3) is 0 Å². The van der Waals surface area contributed by atoms with Crippen molar-refractivity contribution in [1.82, 2.24) is 15.1 Å². The Labute approximate surface area is 146 Å². The SMILES string of the molecule is O=C(O)c1[nH]ncc1CN1[C@H]2CC[C@@H]1[C@@](CO)(Cc1ccccc1)C2. The van der Waals surface area contributed by atoms with Crippen molar-refractivity contribution in [3.05, 3.63) is 53.3 Å². The third-order valence-electron chi connectivity index (χ3n) is 5.99. The van der Waals surface area contributed by atoms with Crippen LogP contribution in [0.2, 0.25) is 0 Å². The Morgan fingerprint density at radius 2 is 2.12 bits per heavy atom. The quantitative estimate of drug-likeness (QED) is 0.748. The summed E-state index contributed by atoms with van der Waals surface area (Å²) in [5, 5.41) is 26.0. The Morgan fingerprint density at radius 1 is 1.32 bits per heavy atom. The number of aromatic carboxylic acids is 1. The first-order valence-electron chi connectivity index (χ1n) is 8.79. The van der Waals surface area contributed by atoms with E-state index in [4.69, 9.17) is 0 Å². The van der Waals surface area contributed by atoms with E-state index in [2.05, 4.69) is 27.2 Å². The Balaban J connectivity index is 1.57. The molecule has 0 radical (unpaired) electrons. The lowest BCUT2D eigenvalue weighted by molar-refractivity contribution is 0.0680. The Morgan fingerprint density at radius 3 is 2.84 bits per heavy atom. The average molecular weight is 341 g/mol. The number of fused-ring (bicyclic) bond motifs is 2. The van der Waals surface area contributed by atoms with E-state index in [-0.39, 0.29) is 23.8 Å². The molecule has 3 N–H and O–H groups in total. The Bertz CT molecular complexity index is 760. The van der Waals surface area contributed by atoms with E-state index in [1.54, 1.807) is 6.20 Å². The summed E-state index contributed by atoms with van der Waals surface area (Å²) in [6.45, 7) is 0.737. The van der Waals surface area contributed by atoms with Gasteiger partial charge in [0.1, 0.15) is 5.69 Å². The van der Waals surface area contributed by atoms with Gasteiger partial charge in [-0.2, -0.15) is 5.10 Å². The molecule has 3 atom stereocenters. The summed E-state index contributed by atoms with van der Waals surface area (Å²) in [7, 11) is 0. The first-order valence-corrected chi connectivity index (χ1v) is 8.79. The van der Waals surface area contributed by atoms with Crippen LogP contribution < -0.4 is 0 Å². The first kappa shape index (κ1) is 16.3. The van der Waals surface area contributed by atoms with E-state index >= 15 is 0 Å². The lowest BCUT2D eigenvalue weighted by Crippen LogP contribution is -2.41. The lowest BCUT2D eigenvalue weighted by Gasteiger charge is -2.36. The molecule has 0 unspecified atom stereocenters. The molecule has 0 aliphatic carbocycles. The molecule has 6 nitrogen and oxygen atoms in total. The fraction of sp³-hybridized carbons (Fsp3) is 0.474. The van der Waals surface area contributed by atoms with Crippen LogP contribution in [0, 0.1) is 5.41 Å². The smallest absolute Gasteiger partial charge is 0.354 e. The van der Waals surface area contributed by atoms with Gasteiger partial charge >= 0.3 is 5.97 Å². The summed E-state index contributed by atoms with van der Waals surface area (Å²) >= 11 is 0. The maximum atomic E-state index is 11.3. The third kappa shape index (κ3) is 2.75. The number of hydrogen-bond acceptors (Lipinski definition) is 4. The topological polar surface area (TPSA) is 89.4 Å². The van der Waals surface area contributed by atoms with E-state index in [0.29, 0.717) is 12.6 Å². The molecule has 4 rings (SSSR count). The van der Waals surface area contributed by atoms with Crippen molar-refractivity contribution >= 4 is 5.97 Å². The summed E-state index contributed by atoms with van der Waals surface area (Å²) in [5.74, 6) is -0.975. The van der Waals surface area contributed by atoms with Gasteiger partial charge < -0.3 is 10.2 Å². The number of benzene rings is 1. The van der Waals surface area contributed by atoms with Gasteiger partial charge in [-0.1, -0.05) is 30.3 Å². The van der Waals surface area contributed by atoms with Crippen molar-refractivity contribution in [2.45, 2.75) is 44.3 Å². The maximum absolute atomic E-state index is 11.3. The summed E-state index contributed by atoms with van der Waals surface area (Å²) in [5.41, 5.74) is 2.00. The molecule has 2 aromatic rings. The number of nitrogens with one attached hydrogen (secondary N) is 1. The normalized spacial score (nSPS) is 28.5. The van der Waals surface area contributed by atoms with Gasteiger partial charge in [0.05, 0.1) is 12.8 Å².